The van der Waals surface area contributed by atoms with E-state index in [-0.39, 0.29) is 16.6 Å². The van der Waals surface area contributed by atoms with Gasteiger partial charge in [0.15, 0.2) is 6.10 Å². The smallest absolute Gasteiger partial charge is 0.344 e. The van der Waals surface area contributed by atoms with Gasteiger partial charge in [0, 0.05) is 6.54 Å². The number of aromatic nitrogens is 2. The van der Waals surface area contributed by atoms with Crippen molar-refractivity contribution in [3.05, 3.63) is 46.7 Å². The van der Waals surface area contributed by atoms with E-state index in [9.17, 15) is 9.59 Å². The number of benzene rings is 1. The van der Waals surface area contributed by atoms with E-state index in [0.29, 0.717) is 12.2 Å². The maximum atomic E-state index is 12.4. The summed E-state index contributed by atoms with van der Waals surface area (Å²) in [5.74, 6) is -1.01. The quantitative estimate of drug-likeness (QED) is 0.814. The second-order valence-electron chi connectivity index (χ2n) is 5.34. The van der Waals surface area contributed by atoms with Crippen LogP contribution in [0.4, 0.5) is 0 Å². The minimum Gasteiger partial charge on any atom is -0.449 e. The molecule has 1 aromatic carbocycles. The highest BCUT2D eigenvalue weighted by atomic mass is 35.5. The molecule has 1 aromatic heterocycles. The Kier molecular flexibility index (Phi) is 5.98. The van der Waals surface area contributed by atoms with Crippen molar-refractivity contribution < 1.29 is 14.3 Å². The lowest BCUT2D eigenvalue weighted by atomic mass is 10.2. The lowest BCUT2D eigenvalue weighted by molar-refractivity contribution is -0.129. The monoisotopic (exact) mass is 349 g/mol. The summed E-state index contributed by atoms with van der Waals surface area (Å²) in [6, 6.07) is 9.23. The fourth-order valence-electron chi connectivity index (χ4n) is 2.14. The fourth-order valence-corrected chi connectivity index (χ4v) is 2.49. The summed E-state index contributed by atoms with van der Waals surface area (Å²) in [4.78, 5) is 24.2. The zero-order valence-electron chi connectivity index (χ0n) is 13.9. The number of carbonyl (C=O) groups is 2. The Balaban J connectivity index is 2.19. The molecule has 0 fully saturated rings. The highest BCUT2D eigenvalue weighted by molar-refractivity contribution is 6.33. The largest absolute Gasteiger partial charge is 0.449 e. The van der Waals surface area contributed by atoms with Crippen LogP contribution in [0.2, 0.25) is 5.15 Å². The van der Waals surface area contributed by atoms with Gasteiger partial charge in [0.25, 0.3) is 5.91 Å². The van der Waals surface area contributed by atoms with Crippen LogP contribution in [0.5, 0.6) is 0 Å². The van der Waals surface area contributed by atoms with Crippen molar-refractivity contribution in [3.63, 3.8) is 0 Å². The van der Waals surface area contributed by atoms with Crippen molar-refractivity contribution in [2.75, 3.05) is 6.54 Å². The molecule has 1 N–H and O–H groups in total. The molecule has 128 valence electrons. The number of nitrogens with zero attached hydrogens (tertiary/aromatic N) is 2. The van der Waals surface area contributed by atoms with Gasteiger partial charge in [0.05, 0.1) is 11.4 Å². The molecule has 0 aliphatic carbocycles. The molecule has 1 atom stereocenters. The topological polar surface area (TPSA) is 73.2 Å². The van der Waals surface area contributed by atoms with E-state index in [1.54, 1.807) is 6.92 Å². The minimum absolute atomic E-state index is 0.157. The molecule has 0 saturated carbocycles. The maximum Gasteiger partial charge on any atom is 0.344 e. The average molecular weight is 350 g/mol. The number of ether oxygens (including phenoxy) is 1. The zero-order valence-corrected chi connectivity index (χ0v) is 14.6. The predicted octanol–water partition coefficient (Wildman–Crippen LogP) is 2.91. The van der Waals surface area contributed by atoms with Gasteiger partial charge in [-0.15, -0.1) is 0 Å². The molecule has 0 unspecified atom stereocenters. The Bertz CT molecular complexity index is 728. The summed E-state index contributed by atoms with van der Waals surface area (Å²) in [5.41, 5.74) is 1.34. The van der Waals surface area contributed by atoms with Gasteiger partial charge in [0.2, 0.25) is 0 Å². The van der Waals surface area contributed by atoms with Crippen LogP contribution in [-0.2, 0) is 9.53 Å². The molecule has 2 aromatic rings. The van der Waals surface area contributed by atoms with Gasteiger partial charge in [-0.3, -0.25) is 4.79 Å². The van der Waals surface area contributed by atoms with Crippen LogP contribution in [0.15, 0.2) is 30.3 Å². The average Bonchev–Trinajstić information content (AvgIpc) is 2.87. The number of halogens is 1. The molecule has 0 spiro atoms. The van der Waals surface area contributed by atoms with Crippen LogP contribution in [0.1, 0.15) is 36.3 Å². The van der Waals surface area contributed by atoms with Crippen molar-refractivity contribution in [1.29, 1.82) is 0 Å². The fraction of sp³-hybridized carbons (Fsp3) is 0.353. The summed E-state index contributed by atoms with van der Waals surface area (Å²) < 4.78 is 6.68. The van der Waals surface area contributed by atoms with Crippen LogP contribution in [0.25, 0.3) is 5.69 Å². The number of amides is 1. The summed E-state index contributed by atoms with van der Waals surface area (Å²) >= 11 is 6.30. The third kappa shape index (κ3) is 3.94. The predicted molar refractivity (Wildman–Crippen MR) is 91.5 cm³/mol. The Morgan fingerprint density at radius 2 is 2.00 bits per heavy atom. The number of aryl methyl sites for hydroxylation is 1. The van der Waals surface area contributed by atoms with Crippen LogP contribution in [-0.4, -0.2) is 34.3 Å². The van der Waals surface area contributed by atoms with Crippen molar-refractivity contribution in [3.8, 4) is 5.69 Å². The van der Waals surface area contributed by atoms with E-state index in [1.807, 2.05) is 37.3 Å². The zero-order chi connectivity index (χ0) is 17.7. The molecule has 1 amide bonds. The number of rotatable bonds is 6. The third-order valence-corrected chi connectivity index (χ3v) is 3.76. The molecular formula is C17H20ClN3O3. The van der Waals surface area contributed by atoms with Crippen LogP contribution < -0.4 is 5.32 Å². The van der Waals surface area contributed by atoms with Gasteiger partial charge in [-0.2, -0.15) is 5.10 Å². The molecule has 1 heterocycles. The van der Waals surface area contributed by atoms with Gasteiger partial charge in [-0.25, -0.2) is 9.48 Å². The molecule has 0 saturated heterocycles. The number of carbonyl (C=O) groups excluding carboxylic acids is 2. The summed E-state index contributed by atoms with van der Waals surface area (Å²) in [6.45, 7) is 5.67. The number of nitrogens with one attached hydrogen (secondary N) is 1. The van der Waals surface area contributed by atoms with E-state index in [0.717, 1.165) is 12.1 Å². The first-order valence-electron chi connectivity index (χ1n) is 7.75. The van der Waals surface area contributed by atoms with E-state index >= 15 is 0 Å². The molecular weight excluding hydrogens is 330 g/mol. The number of hydrogen-bond acceptors (Lipinski definition) is 4. The second kappa shape index (κ2) is 7.97. The molecule has 0 bridgehead atoms. The van der Waals surface area contributed by atoms with Crippen LogP contribution in [0, 0.1) is 6.92 Å². The molecule has 24 heavy (non-hydrogen) atoms. The molecule has 0 aliphatic heterocycles. The standard InChI is InChI=1S/C17H20ClN3O3/c1-4-10-19-16(22)12(3)24-17(23)14-11(2)20-21(15(14)18)13-8-6-5-7-9-13/h5-9,12H,4,10H2,1-3H3,(H,19,22)/t12-/m1/s1. The highest BCUT2D eigenvalue weighted by Gasteiger charge is 2.25. The van der Waals surface area contributed by atoms with Crippen molar-refractivity contribution >= 4 is 23.5 Å². The van der Waals surface area contributed by atoms with Gasteiger partial charge in [-0.1, -0.05) is 36.7 Å². The Labute approximate surface area is 145 Å². The SMILES string of the molecule is CCCNC(=O)[C@@H](C)OC(=O)c1c(C)nn(-c2ccccc2)c1Cl. The minimum atomic E-state index is -0.903. The highest BCUT2D eigenvalue weighted by Crippen LogP contribution is 2.24. The summed E-state index contributed by atoms with van der Waals surface area (Å²) in [6.07, 6.45) is -0.0964. The van der Waals surface area contributed by atoms with Crippen molar-refractivity contribution in [1.82, 2.24) is 15.1 Å². The molecule has 6 nitrogen and oxygen atoms in total. The Hall–Kier alpha value is -2.34. The van der Waals surface area contributed by atoms with E-state index in [1.165, 1.54) is 11.6 Å². The van der Waals surface area contributed by atoms with Crippen molar-refractivity contribution in [2.45, 2.75) is 33.3 Å². The molecule has 0 radical (unpaired) electrons. The van der Waals surface area contributed by atoms with Gasteiger partial charge in [0.1, 0.15) is 10.7 Å². The summed E-state index contributed by atoms with van der Waals surface area (Å²) in [7, 11) is 0. The van der Waals surface area contributed by atoms with E-state index in [2.05, 4.69) is 10.4 Å². The number of esters is 1. The first-order valence-corrected chi connectivity index (χ1v) is 8.12. The van der Waals surface area contributed by atoms with Gasteiger partial charge >= 0.3 is 5.97 Å². The number of para-hydroxylation sites is 1. The molecule has 7 heteroatoms. The maximum absolute atomic E-state index is 12.4. The molecule has 0 aliphatic rings. The third-order valence-electron chi connectivity index (χ3n) is 3.41. The van der Waals surface area contributed by atoms with Gasteiger partial charge < -0.3 is 10.1 Å². The van der Waals surface area contributed by atoms with Crippen molar-refractivity contribution in [2.24, 2.45) is 0 Å². The number of hydrogen-bond donors (Lipinski definition) is 1. The van der Waals surface area contributed by atoms with E-state index < -0.39 is 12.1 Å². The van der Waals surface area contributed by atoms with Crippen LogP contribution in [0.3, 0.4) is 0 Å². The lowest BCUT2D eigenvalue weighted by Crippen LogP contribution is -2.36. The van der Waals surface area contributed by atoms with Crippen LogP contribution >= 0.6 is 11.6 Å². The normalized spacial score (nSPS) is 11.8. The first-order chi connectivity index (χ1) is 11.5. The second-order valence-corrected chi connectivity index (χ2v) is 5.70. The first kappa shape index (κ1) is 18.0. The lowest BCUT2D eigenvalue weighted by Gasteiger charge is -2.13. The van der Waals surface area contributed by atoms with Gasteiger partial charge in [-0.05, 0) is 32.4 Å². The summed E-state index contributed by atoms with van der Waals surface area (Å²) in [5, 5.41) is 7.12. The Morgan fingerprint density at radius 1 is 1.33 bits per heavy atom. The van der Waals surface area contributed by atoms with E-state index in [4.69, 9.17) is 16.3 Å². The Morgan fingerprint density at radius 3 is 2.62 bits per heavy atom. The molecule has 2 rings (SSSR count).